The molecule has 1 aliphatic rings. The molecule has 0 amide bonds. The lowest BCUT2D eigenvalue weighted by Gasteiger charge is -2.30. The van der Waals surface area contributed by atoms with E-state index in [0.717, 1.165) is 23.1 Å². The summed E-state index contributed by atoms with van der Waals surface area (Å²) in [5, 5.41) is -0.483. The molecule has 1 aromatic carbocycles. The van der Waals surface area contributed by atoms with Crippen molar-refractivity contribution in [2.45, 2.75) is 37.2 Å². The molecule has 2 aromatic rings. The molecular weight excluding hydrogens is 388 g/mol. The van der Waals surface area contributed by atoms with Crippen LogP contribution in [0, 0.1) is 0 Å². The summed E-state index contributed by atoms with van der Waals surface area (Å²) in [4.78, 5) is 14.4. The van der Waals surface area contributed by atoms with Crippen LogP contribution < -0.4 is 10.5 Å². The lowest BCUT2D eigenvalue weighted by atomic mass is 10.1. The highest BCUT2D eigenvalue weighted by Crippen LogP contribution is 2.39. The SMILES string of the molecule is O=c1cc(C(F)(F)F)c2cc(N3CC(F)C[C@@H]3[C@@H](F)C(F)(F)F)ccc2[nH]1. The number of hydrogen-bond acceptors (Lipinski definition) is 2. The summed E-state index contributed by atoms with van der Waals surface area (Å²) in [6, 6.07) is 1.48. The predicted molar refractivity (Wildman–Crippen MR) is 81.2 cm³/mol. The fraction of sp³-hybridized carbons (Fsp3) is 0.438. The average molecular weight is 400 g/mol. The molecule has 2 heterocycles. The molecular formula is C16H12F8N2O. The predicted octanol–water partition coefficient (Wildman–Crippen LogP) is 4.36. The molecule has 0 aliphatic carbocycles. The van der Waals surface area contributed by atoms with Gasteiger partial charge in [0.25, 0.3) is 0 Å². The summed E-state index contributed by atoms with van der Waals surface area (Å²) in [6.45, 7) is -0.586. The van der Waals surface area contributed by atoms with Crippen LogP contribution in [0.5, 0.6) is 0 Å². The first-order chi connectivity index (χ1) is 12.4. The Morgan fingerprint density at radius 2 is 1.78 bits per heavy atom. The van der Waals surface area contributed by atoms with Gasteiger partial charge < -0.3 is 9.88 Å². The third kappa shape index (κ3) is 3.72. The summed E-state index contributed by atoms with van der Waals surface area (Å²) in [7, 11) is 0. The van der Waals surface area contributed by atoms with Crippen LogP contribution in [-0.4, -0.2) is 36.1 Å². The minimum absolute atomic E-state index is 0.196. The molecule has 3 rings (SSSR count). The zero-order chi connectivity index (χ0) is 20.1. The third-order valence-electron chi connectivity index (χ3n) is 4.41. The highest BCUT2D eigenvalue weighted by Gasteiger charge is 2.51. The number of hydrogen-bond donors (Lipinski definition) is 1. The quantitative estimate of drug-likeness (QED) is 0.761. The van der Waals surface area contributed by atoms with Crippen LogP contribution in [-0.2, 0) is 6.18 Å². The smallest absolute Gasteiger partial charge is 0.362 e. The van der Waals surface area contributed by atoms with Gasteiger partial charge in [0, 0.05) is 35.6 Å². The second-order valence-electron chi connectivity index (χ2n) is 6.27. The molecule has 1 aliphatic heterocycles. The number of nitrogens with one attached hydrogen (secondary N) is 1. The van der Waals surface area contributed by atoms with E-state index in [1.54, 1.807) is 0 Å². The number of aromatic nitrogens is 1. The summed E-state index contributed by atoms with van der Waals surface area (Å²) in [5.74, 6) is 0. The van der Waals surface area contributed by atoms with Gasteiger partial charge in [0.2, 0.25) is 11.7 Å². The molecule has 11 heteroatoms. The lowest BCUT2D eigenvalue weighted by Crippen LogP contribution is -2.44. The zero-order valence-electron chi connectivity index (χ0n) is 13.3. The summed E-state index contributed by atoms with van der Waals surface area (Å²) in [6.07, 6.45) is -16.0. The van der Waals surface area contributed by atoms with E-state index >= 15 is 0 Å². The van der Waals surface area contributed by atoms with Gasteiger partial charge in [0.1, 0.15) is 6.17 Å². The molecule has 148 valence electrons. The number of fused-ring (bicyclic) bond motifs is 1. The Morgan fingerprint density at radius 3 is 2.37 bits per heavy atom. The normalized spacial score (nSPS) is 22.4. The Kier molecular flexibility index (Phi) is 4.59. The van der Waals surface area contributed by atoms with Crippen molar-refractivity contribution >= 4 is 16.6 Å². The Bertz CT molecular complexity index is 904. The molecule has 1 unspecified atom stereocenters. The van der Waals surface area contributed by atoms with E-state index < -0.39 is 60.2 Å². The van der Waals surface area contributed by atoms with Gasteiger partial charge in [-0.1, -0.05) is 0 Å². The molecule has 1 saturated heterocycles. The van der Waals surface area contributed by atoms with Gasteiger partial charge >= 0.3 is 12.4 Å². The Balaban J connectivity index is 2.11. The third-order valence-corrected chi connectivity index (χ3v) is 4.41. The standard InChI is InChI=1S/C16H12F8N2O/c17-7-3-12(14(18)16(22,23)24)26(6-7)8-1-2-11-9(4-8)10(15(19,20)21)5-13(27)25-11/h1-2,4-5,7,12,14H,3,6H2,(H,25,27)/t7?,12-,14-/m1/s1. The molecule has 1 aromatic heterocycles. The van der Waals surface area contributed by atoms with Gasteiger partial charge in [-0.15, -0.1) is 0 Å². The van der Waals surface area contributed by atoms with E-state index in [2.05, 4.69) is 4.98 Å². The fourth-order valence-corrected chi connectivity index (χ4v) is 3.26. The maximum atomic E-state index is 13.8. The maximum Gasteiger partial charge on any atom is 0.421 e. The minimum Gasteiger partial charge on any atom is -0.362 e. The first-order valence-electron chi connectivity index (χ1n) is 7.73. The van der Waals surface area contributed by atoms with Crippen LogP contribution in [0.4, 0.5) is 40.8 Å². The van der Waals surface area contributed by atoms with E-state index in [4.69, 9.17) is 0 Å². The molecule has 1 fully saturated rings. The Hall–Kier alpha value is -2.33. The van der Waals surface area contributed by atoms with Crippen molar-refractivity contribution in [2.24, 2.45) is 0 Å². The van der Waals surface area contributed by atoms with Crippen molar-refractivity contribution in [1.29, 1.82) is 0 Å². The van der Waals surface area contributed by atoms with Crippen LogP contribution in [0.3, 0.4) is 0 Å². The van der Waals surface area contributed by atoms with Crippen LogP contribution >= 0.6 is 0 Å². The molecule has 0 radical (unpaired) electrons. The Labute approximate surface area is 146 Å². The molecule has 27 heavy (non-hydrogen) atoms. The van der Waals surface area contributed by atoms with E-state index in [-0.39, 0.29) is 11.2 Å². The second kappa shape index (κ2) is 6.38. The number of H-pyrrole nitrogens is 1. The summed E-state index contributed by atoms with van der Waals surface area (Å²) >= 11 is 0. The topological polar surface area (TPSA) is 36.1 Å². The molecule has 3 nitrogen and oxygen atoms in total. The first kappa shape index (κ1) is 19.4. The number of halogens is 8. The zero-order valence-corrected chi connectivity index (χ0v) is 13.3. The number of aromatic amines is 1. The number of rotatable bonds is 2. The van der Waals surface area contributed by atoms with Gasteiger partial charge in [-0.05, 0) is 18.2 Å². The summed E-state index contributed by atoms with van der Waals surface area (Å²) < 4.78 is 105. The van der Waals surface area contributed by atoms with Crippen molar-refractivity contribution in [3.8, 4) is 0 Å². The van der Waals surface area contributed by atoms with Crippen molar-refractivity contribution in [1.82, 2.24) is 4.98 Å². The molecule has 0 spiro atoms. The van der Waals surface area contributed by atoms with Gasteiger partial charge in [-0.3, -0.25) is 4.79 Å². The molecule has 3 atom stereocenters. The molecule has 0 saturated carbocycles. The van der Waals surface area contributed by atoms with Crippen LogP contribution in [0.1, 0.15) is 12.0 Å². The van der Waals surface area contributed by atoms with Crippen LogP contribution in [0.15, 0.2) is 29.1 Å². The van der Waals surface area contributed by atoms with Gasteiger partial charge in [0.15, 0.2) is 0 Å². The van der Waals surface area contributed by atoms with Crippen molar-refractivity contribution in [2.75, 3.05) is 11.4 Å². The molecule has 0 bridgehead atoms. The number of anilines is 1. The minimum atomic E-state index is -5.23. The van der Waals surface area contributed by atoms with E-state index in [0.29, 0.717) is 6.07 Å². The van der Waals surface area contributed by atoms with E-state index in [9.17, 15) is 39.9 Å². The Morgan fingerprint density at radius 1 is 1.11 bits per heavy atom. The van der Waals surface area contributed by atoms with Crippen molar-refractivity contribution in [3.63, 3.8) is 0 Å². The number of pyridine rings is 1. The van der Waals surface area contributed by atoms with Crippen molar-refractivity contribution < 1.29 is 35.1 Å². The van der Waals surface area contributed by atoms with Gasteiger partial charge in [0.05, 0.1) is 11.6 Å². The highest BCUT2D eigenvalue weighted by molar-refractivity contribution is 5.86. The van der Waals surface area contributed by atoms with Gasteiger partial charge in [-0.2, -0.15) is 26.3 Å². The second-order valence-corrected chi connectivity index (χ2v) is 6.27. The summed E-state index contributed by atoms with van der Waals surface area (Å²) in [5.41, 5.74) is -2.69. The van der Waals surface area contributed by atoms with Crippen LogP contribution in [0.25, 0.3) is 10.9 Å². The van der Waals surface area contributed by atoms with Crippen molar-refractivity contribution in [3.05, 3.63) is 40.2 Å². The van der Waals surface area contributed by atoms with Crippen LogP contribution in [0.2, 0.25) is 0 Å². The fourth-order valence-electron chi connectivity index (χ4n) is 3.26. The van der Waals surface area contributed by atoms with Gasteiger partial charge in [-0.25, -0.2) is 8.78 Å². The highest BCUT2D eigenvalue weighted by atomic mass is 19.4. The monoisotopic (exact) mass is 400 g/mol. The largest absolute Gasteiger partial charge is 0.421 e. The number of benzene rings is 1. The van der Waals surface area contributed by atoms with E-state index in [1.165, 1.54) is 0 Å². The first-order valence-corrected chi connectivity index (χ1v) is 7.73. The maximum absolute atomic E-state index is 13.8. The average Bonchev–Trinajstić information content (AvgIpc) is 2.92. The number of nitrogens with zero attached hydrogens (tertiary/aromatic N) is 1. The number of alkyl halides is 8. The van der Waals surface area contributed by atoms with E-state index in [1.807, 2.05) is 0 Å². The molecule has 1 N–H and O–H groups in total. The lowest BCUT2D eigenvalue weighted by molar-refractivity contribution is -0.185.